The van der Waals surface area contributed by atoms with Gasteiger partial charge in [0.15, 0.2) is 6.61 Å². The monoisotopic (exact) mass is 354 g/mol. The van der Waals surface area contributed by atoms with Crippen molar-refractivity contribution < 1.29 is 14.1 Å². The van der Waals surface area contributed by atoms with Gasteiger partial charge < -0.3 is 9.26 Å². The lowest BCUT2D eigenvalue weighted by atomic mass is 10.2. The van der Waals surface area contributed by atoms with Gasteiger partial charge in [0, 0.05) is 11.3 Å². The van der Waals surface area contributed by atoms with E-state index >= 15 is 0 Å². The molecule has 0 fully saturated rings. The first-order valence-corrected chi connectivity index (χ1v) is 8.97. The van der Waals surface area contributed by atoms with E-state index in [1.807, 2.05) is 67.6 Å². The largest absolute Gasteiger partial charge is 0.455 e. The topological polar surface area (TPSA) is 65.2 Å². The predicted molar refractivity (Wildman–Crippen MR) is 96.7 cm³/mol. The van der Waals surface area contributed by atoms with E-state index in [2.05, 4.69) is 10.1 Å². The zero-order valence-corrected chi connectivity index (χ0v) is 14.6. The molecule has 0 aliphatic carbocycles. The second kappa shape index (κ2) is 8.48. The van der Waals surface area contributed by atoms with Crippen molar-refractivity contribution in [2.45, 2.75) is 24.5 Å². The molecule has 1 heterocycles. The molecule has 1 aromatic heterocycles. The van der Waals surface area contributed by atoms with Crippen LogP contribution in [0.15, 0.2) is 65.2 Å². The quantitative estimate of drug-likeness (QED) is 0.595. The molecule has 128 valence electrons. The molecule has 3 rings (SSSR count). The van der Waals surface area contributed by atoms with Crippen molar-refractivity contribution in [3.05, 3.63) is 72.1 Å². The standard InChI is InChI=1S/C19H18N2O3S/c1-14(25-13-15-8-4-2-5-9-15)19(22)23-12-17-20-18(21-24-17)16-10-6-3-7-11-16/h2-11,14H,12-13H2,1H3. The Labute approximate surface area is 150 Å². The summed E-state index contributed by atoms with van der Waals surface area (Å²) in [5, 5.41) is 3.64. The number of hydrogen-bond acceptors (Lipinski definition) is 6. The van der Waals surface area contributed by atoms with Crippen LogP contribution in [0.1, 0.15) is 18.4 Å². The molecular formula is C19H18N2O3S. The van der Waals surface area contributed by atoms with E-state index in [9.17, 15) is 4.79 Å². The van der Waals surface area contributed by atoms with Crippen LogP contribution in [0.2, 0.25) is 0 Å². The normalized spacial score (nSPS) is 11.9. The minimum atomic E-state index is -0.291. The molecule has 1 unspecified atom stereocenters. The van der Waals surface area contributed by atoms with Crippen molar-refractivity contribution in [3.63, 3.8) is 0 Å². The fourth-order valence-corrected chi connectivity index (χ4v) is 2.97. The van der Waals surface area contributed by atoms with Gasteiger partial charge in [-0.2, -0.15) is 4.98 Å². The van der Waals surface area contributed by atoms with Crippen LogP contribution in [0.3, 0.4) is 0 Å². The Kier molecular flexibility index (Phi) is 5.85. The summed E-state index contributed by atoms with van der Waals surface area (Å²) in [5.74, 6) is 1.24. The SMILES string of the molecule is CC(SCc1ccccc1)C(=O)OCc1nc(-c2ccccc2)no1. The summed E-state index contributed by atoms with van der Waals surface area (Å²) < 4.78 is 10.4. The lowest BCUT2D eigenvalue weighted by molar-refractivity contribution is -0.144. The van der Waals surface area contributed by atoms with Gasteiger partial charge >= 0.3 is 5.97 Å². The van der Waals surface area contributed by atoms with Gasteiger partial charge in [0.1, 0.15) is 0 Å². The van der Waals surface area contributed by atoms with Crippen LogP contribution in [0, 0.1) is 0 Å². The van der Waals surface area contributed by atoms with Crippen LogP contribution >= 0.6 is 11.8 Å². The molecule has 0 radical (unpaired) electrons. The van der Waals surface area contributed by atoms with Gasteiger partial charge in [0.25, 0.3) is 5.89 Å². The predicted octanol–water partition coefficient (Wildman–Crippen LogP) is 4.10. The summed E-state index contributed by atoms with van der Waals surface area (Å²) in [6, 6.07) is 19.5. The first-order valence-electron chi connectivity index (χ1n) is 7.92. The number of nitrogens with zero attached hydrogens (tertiary/aromatic N) is 2. The number of benzene rings is 2. The number of ether oxygens (including phenoxy) is 1. The van der Waals surface area contributed by atoms with Crippen molar-refractivity contribution in [1.82, 2.24) is 10.1 Å². The highest BCUT2D eigenvalue weighted by molar-refractivity contribution is 7.99. The van der Waals surface area contributed by atoms with E-state index in [0.717, 1.165) is 11.3 Å². The van der Waals surface area contributed by atoms with Crippen molar-refractivity contribution in [3.8, 4) is 11.4 Å². The fraction of sp³-hybridized carbons (Fsp3) is 0.211. The minimum Gasteiger partial charge on any atom is -0.455 e. The molecule has 1 atom stereocenters. The van der Waals surface area contributed by atoms with E-state index in [1.165, 1.54) is 17.3 Å². The highest BCUT2D eigenvalue weighted by Gasteiger charge is 2.17. The maximum absolute atomic E-state index is 12.1. The summed E-state index contributed by atoms with van der Waals surface area (Å²) in [6.45, 7) is 1.81. The highest BCUT2D eigenvalue weighted by atomic mass is 32.2. The third-order valence-electron chi connectivity index (χ3n) is 3.51. The second-order valence-electron chi connectivity index (χ2n) is 5.42. The smallest absolute Gasteiger partial charge is 0.319 e. The first kappa shape index (κ1) is 17.2. The molecule has 0 spiro atoms. The average molecular weight is 354 g/mol. The maximum atomic E-state index is 12.1. The van der Waals surface area contributed by atoms with Gasteiger partial charge in [-0.25, -0.2) is 0 Å². The Morgan fingerprint density at radius 3 is 2.52 bits per heavy atom. The Morgan fingerprint density at radius 1 is 1.12 bits per heavy atom. The molecule has 0 bridgehead atoms. The van der Waals surface area contributed by atoms with E-state index in [4.69, 9.17) is 9.26 Å². The molecule has 0 aliphatic rings. The summed E-state index contributed by atoms with van der Waals surface area (Å²) in [7, 11) is 0. The van der Waals surface area contributed by atoms with Crippen LogP contribution in [0.4, 0.5) is 0 Å². The number of carbonyl (C=O) groups is 1. The van der Waals surface area contributed by atoms with Crippen LogP contribution in [-0.2, 0) is 21.9 Å². The van der Waals surface area contributed by atoms with Crippen molar-refractivity contribution >= 4 is 17.7 Å². The van der Waals surface area contributed by atoms with Gasteiger partial charge in [0.2, 0.25) is 5.82 Å². The van der Waals surface area contributed by atoms with E-state index < -0.39 is 0 Å². The minimum absolute atomic E-state index is 0.0189. The van der Waals surface area contributed by atoms with Crippen LogP contribution < -0.4 is 0 Å². The summed E-state index contributed by atoms with van der Waals surface area (Å²) in [4.78, 5) is 16.3. The average Bonchev–Trinajstić information content (AvgIpc) is 3.15. The number of carbonyl (C=O) groups excluding carboxylic acids is 1. The maximum Gasteiger partial charge on any atom is 0.319 e. The third-order valence-corrected chi connectivity index (χ3v) is 4.71. The van der Waals surface area contributed by atoms with E-state index in [-0.39, 0.29) is 23.7 Å². The van der Waals surface area contributed by atoms with Crippen molar-refractivity contribution in [1.29, 1.82) is 0 Å². The number of rotatable bonds is 7. The zero-order valence-electron chi connectivity index (χ0n) is 13.8. The highest BCUT2D eigenvalue weighted by Crippen LogP contribution is 2.19. The zero-order chi connectivity index (χ0) is 17.5. The van der Waals surface area contributed by atoms with Crippen LogP contribution in [-0.4, -0.2) is 21.4 Å². The fourth-order valence-electron chi connectivity index (χ4n) is 2.13. The van der Waals surface area contributed by atoms with Crippen molar-refractivity contribution in [2.24, 2.45) is 0 Å². The molecule has 2 aromatic carbocycles. The number of esters is 1. The molecule has 25 heavy (non-hydrogen) atoms. The molecule has 0 N–H and O–H groups in total. The third kappa shape index (κ3) is 4.93. The number of thioether (sulfide) groups is 1. The second-order valence-corrected chi connectivity index (χ2v) is 6.75. The Morgan fingerprint density at radius 2 is 1.80 bits per heavy atom. The van der Waals surface area contributed by atoms with Gasteiger partial charge in [-0.15, -0.1) is 11.8 Å². The number of aromatic nitrogens is 2. The van der Waals surface area contributed by atoms with E-state index in [0.29, 0.717) is 5.82 Å². The molecule has 6 heteroatoms. The molecule has 0 amide bonds. The van der Waals surface area contributed by atoms with Crippen molar-refractivity contribution in [2.75, 3.05) is 0 Å². The van der Waals surface area contributed by atoms with E-state index in [1.54, 1.807) is 0 Å². The molecule has 0 saturated carbocycles. The van der Waals surface area contributed by atoms with Gasteiger partial charge in [-0.3, -0.25) is 4.79 Å². The summed E-state index contributed by atoms with van der Waals surface area (Å²) in [5.41, 5.74) is 2.03. The molecular weight excluding hydrogens is 336 g/mol. The van der Waals surface area contributed by atoms with Gasteiger partial charge in [-0.1, -0.05) is 65.8 Å². The van der Waals surface area contributed by atoms with Crippen LogP contribution in [0.25, 0.3) is 11.4 Å². The Hall–Kier alpha value is -2.60. The molecule has 0 aliphatic heterocycles. The first-order chi connectivity index (χ1) is 12.2. The van der Waals surface area contributed by atoms with Crippen LogP contribution in [0.5, 0.6) is 0 Å². The molecule has 5 nitrogen and oxygen atoms in total. The Bertz CT molecular complexity index is 806. The lowest BCUT2D eigenvalue weighted by Crippen LogP contribution is -2.17. The Balaban J connectivity index is 1.48. The van der Waals surface area contributed by atoms with Gasteiger partial charge in [0.05, 0.1) is 5.25 Å². The molecule has 3 aromatic rings. The lowest BCUT2D eigenvalue weighted by Gasteiger charge is -2.10. The summed E-state index contributed by atoms with van der Waals surface area (Å²) in [6.07, 6.45) is 0. The van der Waals surface area contributed by atoms with Gasteiger partial charge in [-0.05, 0) is 12.5 Å². The number of hydrogen-bond donors (Lipinski definition) is 0. The molecule has 0 saturated heterocycles. The summed E-state index contributed by atoms with van der Waals surface area (Å²) >= 11 is 1.53.